The minimum atomic E-state index is -0.186. The van der Waals surface area contributed by atoms with E-state index in [1.54, 1.807) is 0 Å². The molecule has 4 nitrogen and oxygen atoms in total. The lowest BCUT2D eigenvalue weighted by Gasteiger charge is -2.47. The first-order valence-corrected chi connectivity index (χ1v) is 7.40. The van der Waals surface area contributed by atoms with Gasteiger partial charge in [-0.15, -0.1) is 0 Å². The number of hydrogen-bond donors (Lipinski definition) is 2. The average molecular weight is 256 g/mol. The Labute approximate surface area is 111 Å². The van der Waals surface area contributed by atoms with Gasteiger partial charge in [0.05, 0.1) is 24.9 Å². The Balaban J connectivity index is 1.97. The third-order valence-corrected chi connectivity index (χ3v) is 4.35. The van der Waals surface area contributed by atoms with Crippen LogP contribution in [-0.4, -0.2) is 60.5 Å². The van der Waals surface area contributed by atoms with E-state index in [4.69, 9.17) is 4.74 Å². The number of aliphatic hydroxyl groups is 1. The number of aliphatic hydroxyl groups excluding tert-OH is 1. The number of nitrogens with zero attached hydrogens (tertiary/aromatic N) is 1. The van der Waals surface area contributed by atoms with Gasteiger partial charge in [-0.3, -0.25) is 4.90 Å². The van der Waals surface area contributed by atoms with Crippen molar-refractivity contribution < 1.29 is 9.84 Å². The van der Waals surface area contributed by atoms with E-state index in [0.717, 1.165) is 26.2 Å². The van der Waals surface area contributed by atoms with Crippen LogP contribution in [0.1, 0.15) is 39.5 Å². The van der Waals surface area contributed by atoms with Crippen molar-refractivity contribution in [1.29, 1.82) is 0 Å². The van der Waals surface area contributed by atoms with Crippen LogP contribution in [0, 0.1) is 0 Å². The summed E-state index contributed by atoms with van der Waals surface area (Å²) >= 11 is 0. The average Bonchev–Trinajstić information content (AvgIpc) is 2.39. The highest BCUT2D eigenvalue weighted by Gasteiger charge is 2.37. The van der Waals surface area contributed by atoms with E-state index >= 15 is 0 Å². The van der Waals surface area contributed by atoms with Gasteiger partial charge < -0.3 is 15.2 Å². The maximum absolute atomic E-state index is 9.62. The molecule has 106 valence electrons. The van der Waals surface area contributed by atoms with E-state index in [2.05, 4.69) is 24.1 Å². The molecule has 1 saturated carbocycles. The Morgan fingerprint density at radius 1 is 1.39 bits per heavy atom. The van der Waals surface area contributed by atoms with Crippen molar-refractivity contribution in [1.82, 2.24) is 10.2 Å². The molecule has 4 heteroatoms. The highest BCUT2D eigenvalue weighted by Crippen LogP contribution is 2.29. The zero-order chi connectivity index (χ0) is 13.0. The molecule has 2 fully saturated rings. The van der Waals surface area contributed by atoms with Gasteiger partial charge in [0.15, 0.2) is 0 Å². The number of likely N-dealkylation sites (N-methyl/N-ethyl adjacent to an activating group) is 1. The Kier molecular flexibility index (Phi) is 5.01. The van der Waals surface area contributed by atoms with Gasteiger partial charge >= 0.3 is 0 Å². The fourth-order valence-corrected chi connectivity index (χ4v) is 3.41. The summed E-state index contributed by atoms with van der Waals surface area (Å²) in [7, 11) is 0. The summed E-state index contributed by atoms with van der Waals surface area (Å²) in [5.41, 5.74) is -0.186. The van der Waals surface area contributed by atoms with Crippen molar-refractivity contribution in [3.63, 3.8) is 0 Å². The first-order chi connectivity index (χ1) is 8.68. The summed E-state index contributed by atoms with van der Waals surface area (Å²) in [6.45, 7) is 8.06. The highest BCUT2D eigenvalue weighted by atomic mass is 16.5. The fourth-order valence-electron chi connectivity index (χ4n) is 3.41. The van der Waals surface area contributed by atoms with Gasteiger partial charge in [0.25, 0.3) is 0 Å². The maximum Gasteiger partial charge on any atom is 0.0730 e. The Morgan fingerprint density at radius 2 is 2.17 bits per heavy atom. The topological polar surface area (TPSA) is 44.7 Å². The SMILES string of the molecule is CCNC(C)(CO)CN1CCOC2CCCCC21. The van der Waals surface area contributed by atoms with Crippen LogP contribution in [0.15, 0.2) is 0 Å². The maximum atomic E-state index is 9.62. The molecule has 3 unspecified atom stereocenters. The lowest BCUT2D eigenvalue weighted by molar-refractivity contribution is -0.0963. The molecule has 2 rings (SSSR count). The van der Waals surface area contributed by atoms with Gasteiger partial charge in [-0.05, 0) is 26.3 Å². The number of nitrogens with one attached hydrogen (secondary N) is 1. The second-order valence-corrected chi connectivity index (χ2v) is 5.98. The molecule has 0 radical (unpaired) electrons. The Bertz CT molecular complexity index is 260. The molecule has 0 spiro atoms. The highest BCUT2D eigenvalue weighted by molar-refractivity contribution is 4.93. The number of ether oxygens (including phenoxy) is 1. The van der Waals surface area contributed by atoms with Crippen LogP contribution in [0.25, 0.3) is 0 Å². The largest absolute Gasteiger partial charge is 0.394 e. The summed E-state index contributed by atoms with van der Waals surface area (Å²) in [5, 5.41) is 13.0. The van der Waals surface area contributed by atoms with Gasteiger partial charge in [-0.1, -0.05) is 19.8 Å². The first kappa shape index (κ1) is 14.3. The van der Waals surface area contributed by atoms with Gasteiger partial charge in [-0.25, -0.2) is 0 Å². The predicted molar refractivity (Wildman–Crippen MR) is 72.7 cm³/mol. The molecule has 1 aliphatic heterocycles. The van der Waals surface area contributed by atoms with Crippen LogP contribution < -0.4 is 5.32 Å². The number of fused-ring (bicyclic) bond motifs is 1. The minimum absolute atomic E-state index is 0.186. The summed E-state index contributed by atoms with van der Waals surface area (Å²) in [5.74, 6) is 0. The van der Waals surface area contributed by atoms with E-state index in [1.807, 2.05) is 0 Å². The molecular formula is C14H28N2O2. The van der Waals surface area contributed by atoms with Gasteiger partial charge in [-0.2, -0.15) is 0 Å². The van der Waals surface area contributed by atoms with Gasteiger partial charge in [0.1, 0.15) is 0 Å². The fraction of sp³-hybridized carbons (Fsp3) is 1.00. The zero-order valence-electron chi connectivity index (χ0n) is 11.8. The molecule has 0 aromatic rings. The Hall–Kier alpha value is -0.160. The quantitative estimate of drug-likeness (QED) is 0.770. The molecule has 0 bridgehead atoms. The van der Waals surface area contributed by atoms with Crippen LogP contribution in [0.5, 0.6) is 0 Å². The molecular weight excluding hydrogens is 228 g/mol. The van der Waals surface area contributed by atoms with Gasteiger partial charge in [0, 0.05) is 19.1 Å². The van der Waals surface area contributed by atoms with Gasteiger partial charge in [0.2, 0.25) is 0 Å². The molecule has 0 amide bonds. The van der Waals surface area contributed by atoms with Crippen molar-refractivity contribution in [2.45, 2.75) is 57.2 Å². The normalized spacial score (nSPS) is 32.8. The second-order valence-electron chi connectivity index (χ2n) is 5.98. The third kappa shape index (κ3) is 3.23. The van der Waals surface area contributed by atoms with Crippen molar-refractivity contribution in [2.75, 3.05) is 32.8 Å². The molecule has 0 aromatic carbocycles. The van der Waals surface area contributed by atoms with E-state index in [-0.39, 0.29) is 12.1 Å². The summed E-state index contributed by atoms with van der Waals surface area (Å²) in [6.07, 6.45) is 5.51. The third-order valence-electron chi connectivity index (χ3n) is 4.35. The molecule has 2 aliphatic rings. The first-order valence-electron chi connectivity index (χ1n) is 7.40. The molecule has 2 N–H and O–H groups in total. The van der Waals surface area contributed by atoms with Crippen LogP contribution >= 0.6 is 0 Å². The van der Waals surface area contributed by atoms with Crippen LogP contribution in [-0.2, 0) is 4.74 Å². The summed E-state index contributed by atoms with van der Waals surface area (Å²) < 4.78 is 5.90. The molecule has 18 heavy (non-hydrogen) atoms. The lowest BCUT2D eigenvalue weighted by atomic mass is 9.89. The smallest absolute Gasteiger partial charge is 0.0730 e. The monoisotopic (exact) mass is 256 g/mol. The van der Waals surface area contributed by atoms with E-state index in [9.17, 15) is 5.11 Å². The van der Waals surface area contributed by atoms with Crippen LogP contribution in [0.4, 0.5) is 0 Å². The standard InChI is InChI=1S/C14H28N2O2/c1-3-15-14(2,11-17)10-16-8-9-18-13-7-5-4-6-12(13)16/h12-13,15,17H,3-11H2,1-2H3. The Morgan fingerprint density at radius 3 is 2.89 bits per heavy atom. The van der Waals surface area contributed by atoms with Crippen LogP contribution in [0.3, 0.4) is 0 Å². The predicted octanol–water partition coefficient (Wildman–Crippen LogP) is 0.990. The van der Waals surface area contributed by atoms with E-state index < -0.39 is 0 Å². The van der Waals surface area contributed by atoms with Crippen molar-refractivity contribution >= 4 is 0 Å². The number of morpholine rings is 1. The molecule has 1 saturated heterocycles. The minimum Gasteiger partial charge on any atom is -0.394 e. The number of hydrogen-bond acceptors (Lipinski definition) is 4. The molecule has 3 atom stereocenters. The second kappa shape index (κ2) is 6.33. The molecule has 0 aromatic heterocycles. The number of rotatable bonds is 5. The van der Waals surface area contributed by atoms with Crippen molar-refractivity contribution in [3.05, 3.63) is 0 Å². The molecule has 1 heterocycles. The van der Waals surface area contributed by atoms with E-state index in [1.165, 1.54) is 25.7 Å². The van der Waals surface area contributed by atoms with Crippen molar-refractivity contribution in [3.8, 4) is 0 Å². The lowest BCUT2D eigenvalue weighted by Crippen LogP contribution is -2.61. The molecule has 1 aliphatic carbocycles. The zero-order valence-corrected chi connectivity index (χ0v) is 11.8. The summed E-state index contributed by atoms with van der Waals surface area (Å²) in [4.78, 5) is 2.53. The van der Waals surface area contributed by atoms with Crippen molar-refractivity contribution in [2.24, 2.45) is 0 Å². The van der Waals surface area contributed by atoms with Crippen LogP contribution in [0.2, 0.25) is 0 Å². The summed E-state index contributed by atoms with van der Waals surface area (Å²) in [6, 6.07) is 0.567. The van der Waals surface area contributed by atoms with E-state index in [0.29, 0.717) is 12.1 Å².